The number of hydrogen-bond donors (Lipinski definition) is 2. The minimum absolute atomic E-state index is 0.447. The van der Waals surface area contributed by atoms with Crippen LogP contribution in [0.3, 0.4) is 0 Å². The summed E-state index contributed by atoms with van der Waals surface area (Å²) in [6.07, 6.45) is -8.66. The first kappa shape index (κ1) is 14.8. The SMILES string of the molecule is Cn1ccnc1C(NN)C(C(F)(F)F)C(F)(F)F. The molecule has 1 atom stereocenters. The highest BCUT2D eigenvalue weighted by atomic mass is 19.4. The van der Waals surface area contributed by atoms with E-state index >= 15 is 0 Å². The molecule has 3 N–H and O–H groups in total. The van der Waals surface area contributed by atoms with Crippen LogP contribution in [-0.2, 0) is 7.05 Å². The van der Waals surface area contributed by atoms with Crippen LogP contribution in [0, 0.1) is 5.92 Å². The van der Waals surface area contributed by atoms with E-state index in [0.29, 0.717) is 0 Å². The summed E-state index contributed by atoms with van der Waals surface area (Å²) in [5.74, 6) is 0.748. The summed E-state index contributed by atoms with van der Waals surface area (Å²) in [4.78, 5) is 3.46. The van der Waals surface area contributed by atoms with E-state index in [9.17, 15) is 26.3 Å². The standard InChI is InChI=1S/C8H10F6N4/c1-18-3-2-16-6(18)4(17-15)5(7(9,10)11)8(12,13)14/h2-5,17H,15H2,1H3. The molecule has 104 valence electrons. The minimum Gasteiger partial charge on any atom is -0.337 e. The molecule has 0 aliphatic heterocycles. The lowest BCUT2D eigenvalue weighted by atomic mass is 9.98. The van der Waals surface area contributed by atoms with Crippen LogP contribution in [0.4, 0.5) is 26.3 Å². The van der Waals surface area contributed by atoms with Gasteiger partial charge in [-0.2, -0.15) is 26.3 Å². The number of aryl methyl sites for hydroxylation is 1. The van der Waals surface area contributed by atoms with E-state index in [-0.39, 0.29) is 0 Å². The molecule has 18 heavy (non-hydrogen) atoms. The van der Waals surface area contributed by atoms with Gasteiger partial charge in [0.1, 0.15) is 5.82 Å². The highest BCUT2D eigenvalue weighted by molar-refractivity contribution is 5.03. The van der Waals surface area contributed by atoms with Gasteiger partial charge in [-0.1, -0.05) is 0 Å². The summed E-state index contributed by atoms with van der Waals surface area (Å²) in [6, 6.07) is -2.20. The summed E-state index contributed by atoms with van der Waals surface area (Å²) < 4.78 is 76.2. The first-order valence-electron chi connectivity index (χ1n) is 4.65. The molecule has 10 heteroatoms. The van der Waals surface area contributed by atoms with Gasteiger partial charge in [0.05, 0.1) is 6.04 Å². The third-order valence-electron chi connectivity index (χ3n) is 2.35. The van der Waals surface area contributed by atoms with Crippen molar-refractivity contribution in [2.24, 2.45) is 18.8 Å². The maximum absolute atomic E-state index is 12.5. The minimum atomic E-state index is -5.48. The molecule has 0 aliphatic carbocycles. The molecule has 0 radical (unpaired) electrons. The Kier molecular flexibility index (Phi) is 3.91. The number of nitrogens with two attached hydrogens (primary N) is 1. The van der Waals surface area contributed by atoms with Crippen molar-refractivity contribution >= 4 is 0 Å². The maximum atomic E-state index is 12.5. The highest BCUT2D eigenvalue weighted by Gasteiger charge is 2.61. The Hall–Kier alpha value is -1.29. The predicted molar refractivity (Wildman–Crippen MR) is 48.9 cm³/mol. The van der Waals surface area contributed by atoms with E-state index in [0.717, 1.165) is 10.8 Å². The van der Waals surface area contributed by atoms with Crippen molar-refractivity contribution < 1.29 is 26.3 Å². The van der Waals surface area contributed by atoms with Crippen LogP contribution in [0.25, 0.3) is 0 Å². The van der Waals surface area contributed by atoms with Gasteiger partial charge in [-0.3, -0.25) is 5.84 Å². The van der Waals surface area contributed by atoms with Crippen molar-refractivity contribution in [3.05, 3.63) is 18.2 Å². The lowest BCUT2D eigenvalue weighted by Gasteiger charge is -2.29. The van der Waals surface area contributed by atoms with E-state index in [1.807, 2.05) is 0 Å². The summed E-state index contributed by atoms with van der Waals surface area (Å²) >= 11 is 0. The van der Waals surface area contributed by atoms with Crippen LogP contribution in [0.5, 0.6) is 0 Å². The predicted octanol–water partition coefficient (Wildman–Crippen LogP) is 1.67. The largest absolute Gasteiger partial charge is 0.402 e. The summed E-state index contributed by atoms with van der Waals surface area (Å²) in [5, 5.41) is 0. The molecule has 1 aromatic rings. The second kappa shape index (κ2) is 4.76. The zero-order valence-electron chi connectivity index (χ0n) is 9.05. The Bertz CT molecular complexity index is 381. The van der Waals surface area contributed by atoms with Gasteiger partial charge in [0.25, 0.3) is 0 Å². The number of halogens is 6. The fourth-order valence-corrected chi connectivity index (χ4v) is 1.56. The number of aromatic nitrogens is 2. The van der Waals surface area contributed by atoms with Crippen molar-refractivity contribution in [2.75, 3.05) is 0 Å². The zero-order valence-corrected chi connectivity index (χ0v) is 9.05. The van der Waals surface area contributed by atoms with E-state index in [2.05, 4.69) is 4.98 Å². The van der Waals surface area contributed by atoms with Gasteiger partial charge in [0, 0.05) is 19.4 Å². The van der Waals surface area contributed by atoms with Gasteiger partial charge >= 0.3 is 12.4 Å². The molecule has 0 aromatic carbocycles. The Morgan fingerprint density at radius 2 is 1.72 bits per heavy atom. The van der Waals surface area contributed by atoms with Gasteiger partial charge in [-0.25, -0.2) is 10.4 Å². The van der Waals surface area contributed by atoms with Crippen molar-refractivity contribution in [1.29, 1.82) is 0 Å². The average Bonchev–Trinajstić information content (AvgIpc) is 2.56. The molecule has 0 spiro atoms. The Morgan fingerprint density at radius 1 is 1.22 bits per heavy atom. The quantitative estimate of drug-likeness (QED) is 0.501. The van der Waals surface area contributed by atoms with Crippen molar-refractivity contribution in [3.8, 4) is 0 Å². The molecule has 0 amide bonds. The molecule has 4 nitrogen and oxygen atoms in total. The van der Waals surface area contributed by atoms with Gasteiger partial charge in [0.2, 0.25) is 0 Å². The lowest BCUT2D eigenvalue weighted by molar-refractivity contribution is -0.293. The Balaban J connectivity index is 3.23. The molecular weight excluding hydrogens is 266 g/mol. The topological polar surface area (TPSA) is 55.9 Å². The van der Waals surface area contributed by atoms with E-state index in [1.54, 1.807) is 0 Å². The molecule has 0 saturated carbocycles. The molecular formula is C8H10F6N4. The summed E-state index contributed by atoms with van der Waals surface area (Å²) in [5.41, 5.74) is 1.54. The fourth-order valence-electron chi connectivity index (χ4n) is 1.56. The smallest absolute Gasteiger partial charge is 0.337 e. The molecule has 1 heterocycles. The molecule has 0 bridgehead atoms. The zero-order chi connectivity index (χ0) is 14.1. The van der Waals surface area contributed by atoms with Gasteiger partial charge < -0.3 is 4.57 Å². The number of alkyl halides is 6. The van der Waals surface area contributed by atoms with Gasteiger partial charge in [0.15, 0.2) is 5.92 Å². The summed E-state index contributed by atoms with van der Waals surface area (Å²) in [6.45, 7) is 0. The number of rotatable bonds is 3. The average molecular weight is 276 g/mol. The van der Waals surface area contributed by atoms with Gasteiger partial charge in [-0.05, 0) is 0 Å². The van der Waals surface area contributed by atoms with Crippen LogP contribution in [-0.4, -0.2) is 21.9 Å². The monoisotopic (exact) mass is 276 g/mol. The molecule has 1 rings (SSSR count). The summed E-state index contributed by atoms with van der Waals surface area (Å²) in [7, 11) is 1.27. The van der Waals surface area contributed by atoms with E-state index in [1.165, 1.54) is 18.7 Å². The third kappa shape index (κ3) is 2.93. The third-order valence-corrected chi connectivity index (χ3v) is 2.35. The lowest BCUT2D eigenvalue weighted by Crippen LogP contribution is -2.48. The van der Waals surface area contributed by atoms with Crippen molar-refractivity contribution in [1.82, 2.24) is 15.0 Å². The number of hydrazine groups is 1. The van der Waals surface area contributed by atoms with Crippen LogP contribution in [0.15, 0.2) is 12.4 Å². The van der Waals surface area contributed by atoms with Crippen molar-refractivity contribution in [3.63, 3.8) is 0 Å². The van der Waals surface area contributed by atoms with Crippen LogP contribution in [0.2, 0.25) is 0 Å². The maximum Gasteiger partial charge on any atom is 0.402 e. The first-order chi connectivity index (χ1) is 8.09. The normalized spacial score (nSPS) is 15.2. The molecule has 1 unspecified atom stereocenters. The number of nitrogens with one attached hydrogen (secondary N) is 1. The van der Waals surface area contributed by atoms with Crippen molar-refractivity contribution in [2.45, 2.75) is 18.4 Å². The second-order valence-corrected chi connectivity index (χ2v) is 3.60. The van der Waals surface area contributed by atoms with E-state index in [4.69, 9.17) is 5.84 Å². The van der Waals surface area contributed by atoms with Crippen LogP contribution >= 0.6 is 0 Å². The number of hydrogen-bond acceptors (Lipinski definition) is 3. The molecule has 0 aliphatic rings. The van der Waals surface area contributed by atoms with Gasteiger partial charge in [-0.15, -0.1) is 0 Å². The van der Waals surface area contributed by atoms with Crippen LogP contribution in [0.1, 0.15) is 11.9 Å². The second-order valence-electron chi connectivity index (χ2n) is 3.60. The number of nitrogens with zero attached hydrogens (tertiary/aromatic N) is 2. The van der Waals surface area contributed by atoms with E-state index < -0.39 is 30.1 Å². The highest BCUT2D eigenvalue weighted by Crippen LogP contribution is 2.45. The first-order valence-corrected chi connectivity index (χ1v) is 4.65. The Morgan fingerprint density at radius 3 is 2.00 bits per heavy atom. The molecule has 1 aromatic heterocycles. The Labute approximate surface area is 97.7 Å². The number of imidazole rings is 1. The molecule has 0 saturated heterocycles. The molecule has 0 fully saturated rings. The van der Waals surface area contributed by atoms with Crippen LogP contribution < -0.4 is 11.3 Å². The fraction of sp³-hybridized carbons (Fsp3) is 0.625.